The van der Waals surface area contributed by atoms with Crippen molar-refractivity contribution in [3.8, 4) is 22.3 Å². The average Bonchev–Trinajstić information content (AvgIpc) is 2.78. The first kappa shape index (κ1) is 16.3. The number of aryl methyl sites for hydroxylation is 1. The van der Waals surface area contributed by atoms with Crippen LogP contribution in [0, 0.1) is 6.92 Å². The number of rotatable bonds is 2. The van der Waals surface area contributed by atoms with Gasteiger partial charge in [-0.15, -0.1) is 0 Å². The number of hydrogen-bond acceptors (Lipinski definition) is 0. The van der Waals surface area contributed by atoms with Crippen LogP contribution < -0.4 is 0 Å². The second kappa shape index (κ2) is 6.18. The van der Waals surface area contributed by atoms with Gasteiger partial charge in [0.25, 0.3) is 0 Å². The van der Waals surface area contributed by atoms with Crippen molar-refractivity contribution in [3.05, 3.63) is 109 Å². The van der Waals surface area contributed by atoms with E-state index < -0.39 is 0 Å². The van der Waals surface area contributed by atoms with E-state index in [9.17, 15) is 0 Å². The Morgan fingerprint density at radius 2 is 1.07 bits per heavy atom. The molecular weight excluding hydrogens is 348 g/mol. The Kier molecular flexibility index (Phi) is 3.48. The van der Waals surface area contributed by atoms with E-state index in [1.54, 1.807) is 0 Å². The maximum atomic E-state index is 2.32. The molecule has 6 rings (SSSR count). The van der Waals surface area contributed by atoms with E-state index in [0.29, 0.717) is 0 Å². The zero-order valence-electron chi connectivity index (χ0n) is 16.3. The van der Waals surface area contributed by atoms with Gasteiger partial charge in [0.2, 0.25) is 0 Å². The Bertz CT molecular complexity index is 1470. The molecule has 0 aliphatic heterocycles. The molecule has 0 amide bonds. The molecule has 0 aromatic heterocycles. The normalized spacial score (nSPS) is 11.6. The van der Waals surface area contributed by atoms with Crippen LogP contribution in [0.3, 0.4) is 0 Å². The second-order valence-corrected chi connectivity index (χ2v) is 7.92. The molecule has 136 valence electrons. The molecule has 0 saturated heterocycles. The zero-order valence-corrected chi connectivity index (χ0v) is 16.3. The first-order chi connectivity index (χ1) is 14.3. The summed E-state index contributed by atoms with van der Waals surface area (Å²) in [6, 6.07) is 37.8. The fraction of sp³-hybridized carbons (Fsp3) is 0.0345. The summed E-state index contributed by atoms with van der Waals surface area (Å²) in [5, 5.41) is 8.01. The second-order valence-electron chi connectivity index (χ2n) is 7.92. The van der Waals surface area contributed by atoms with Crippen LogP contribution in [-0.4, -0.2) is 0 Å². The lowest BCUT2D eigenvalue weighted by molar-refractivity contribution is 1.47. The fourth-order valence-electron chi connectivity index (χ4n) is 4.60. The van der Waals surface area contributed by atoms with Crippen molar-refractivity contribution in [1.82, 2.24) is 0 Å². The molecule has 0 radical (unpaired) electrons. The molecule has 0 saturated carbocycles. The van der Waals surface area contributed by atoms with E-state index in [1.165, 1.54) is 60.1 Å². The minimum absolute atomic E-state index is 1.26. The Labute approximate surface area is 170 Å². The van der Waals surface area contributed by atoms with Gasteiger partial charge in [-0.3, -0.25) is 0 Å². The quantitative estimate of drug-likeness (QED) is 0.270. The fourth-order valence-corrected chi connectivity index (χ4v) is 4.60. The Hall–Kier alpha value is -3.64. The molecule has 0 heteroatoms. The van der Waals surface area contributed by atoms with Gasteiger partial charge in [-0.25, -0.2) is 0 Å². The zero-order chi connectivity index (χ0) is 19.4. The van der Waals surface area contributed by atoms with Gasteiger partial charge in [-0.2, -0.15) is 0 Å². The van der Waals surface area contributed by atoms with Crippen LogP contribution in [0.2, 0.25) is 0 Å². The number of benzene rings is 6. The lowest BCUT2D eigenvalue weighted by Gasteiger charge is -2.14. The minimum Gasteiger partial charge on any atom is -0.0610 e. The molecule has 0 unspecified atom stereocenters. The smallest absolute Gasteiger partial charge is 0.00206 e. The van der Waals surface area contributed by atoms with E-state index >= 15 is 0 Å². The third-order valence-corrected chi connectivity index (χ3v) is 6.09. The minimum atomic E-state index is 1.26. The topological polar surface area (TPSA) is 0 Å². The molecular formula is C29H20. The van der Waals surface area contributed by atoms with Gasteiger partial charge in [0, 0.05) is 0 Å². The largest absolute Gasteiger partial charge is 0.0610 e. The SMILES string of the molecule is Cc1ccc(-c2cccc(-c3ccc4ccc5cccc6ccc3c4c56)c2)cc1. The summed E-state index contributed by atoms with van der Waals surface area (Å²) in [5.41, 5.74) is 6.37. The van der Waals surface area contributed by atoms with Crippen LogP contribution in [0.5, 0.6) is 0 Å². The van der Waals surface area contributed by atoms with Crippen LogP contribution in [-0.2, 0) is 0 Å². The van der Waals surface area contributed by atoms with Gasteiger partial charge in [-0.1, -0.05) is 103 Å². The maximum absolute atomic E-state index is 2.32. The summed E-state index contributed by atoms with van der Waals surface area (Å²) in [5.74, 6) is 0. The highest BCUT2D eigenvalue weighted by Gasteiger charge is 2.12. The molecule has 0 aliphatic rings. The third kappa shape index (κ3) is 2.53. The summed E-state index contributed by atoms with van der Waals surface area (Å²) < 4.78 is 0. The van der Waals surface area contributed by atoms with Crippen molar-refractivity contribution >= 4 is 32.3 Å². The molecule has 0 bridgehead atoms. The standard InChI is InChI=1S/C29H20/c1-19-8-10-20(11-9-19)24-6-3-7-25(18-24)26-16-14-23-13-12-21-4-2-5-22-15-17-27(26)29(23)28(21)22/h2-18H,1H3. The highest BCUT2D eigenvalue weighted by Crippen LogP contribution is 2.39. The van der Waals surface area contributed by atoms with E-state index in [0.717, 1.165) is 0 Å². The van der Waals surface area contributed by atoms with Crippen molar-refractivity contribution in [1.29, 1.82) is 0 Å². The van der Waals surface area contributed by atoms with Gasteiger partial charge >= 0.3 is 0 Å². The van der Waals surface area contributed by atoms with Crippen molar-refractivity contribution < 1.29 is 0 Å². The van der Waals surface area contributed by atoms with Crippen LogP contribution in [0.4, 0.5) is 0 Å². The predicted octanol–water partition coefficient (Wildman–Crippen LogP) is 8.23. The lowest BCUT2D eigenvalue weighted by Crippen LogP contribution is -1.87. The summed E-state index contributed by atoms with van der Waals surface area (Å²) >= 11 is 0. The first-order valence-corrected chi connectivity index (χ1v) is 10.1. The molecule has 6 aromatic carbocycles. The summed E-state index contributed by atoms with van der Waals surface area (Å²) in [4.78, 5) is 0. The average molecular weight is 368 g/mol. The van der Waals surface area contributed by atoms with Crippen LogP contribution in [0.15, 0.2) is 103 Å². The van der Waals surface area contributed by atoms with Gasteiger partial charge in [0.1, 0.15) is 0 Å². The summed E-state index contributed by atoms with van der Waals surface area (Å²) in [6.07, 6.45) is 0. The van der Waals surface area contributed by atoms with E-state index in [2.05, 4.69) is 110 Å². The lowest BCUT2D eigenvalue weighted by atomic mass is 9.89. The summed E-state index contributed by atoms with van der Waals surface area (Å²) in [6.45, 7) is 2.13. The molecule has 29 heavy (non-hydrogen) atoms. The third-order valence-electron chi connectivity index (χ3n) is 6.09. The van der Waals surface area contributed by atoms with Crippen molar-refractivity contribution in [3.63, 3.8) is 0 Å². The molecule has 0 heterocycles. The molecule has 0 atom stereocenters. The maximum Gasteiger partial charge on any atom is -0.00206 e. The van der Waals surface area contributed by atoms with Gasteiger partial charge in [0.05, 0.1) is 0 Å². The summed E-state index contributed by atoms with van der Waals surface area (Å²) in [7, 11) is 0. The molecule has 0 nitrogen and oxygen atoms in total. The van der Waals surface area contributed by atoms with Gasteiger partial charge in [0.15, 0.2) is 0 Å². The number of hydrogen-bond donors (Lipinski definition) is 0. The Morgan fingerprint density at radius 3 is 1.86 bits per heavy atom. The van der Waals surface area contributed by atoms with Crippen LogP contribution in [0.1, 0.15) is 5.56 Å². The van der Waals surface area contributed by atoms with E-state index in [1.807, 2.05) is 0 Å². The molecule has 0 N–H and O–H groups in total. The van der Waals surface area contributed by atoms with Crippen LogP contribution in [0.25, 0.3) is 54.6 Å². The first-order valence-electron chi connectivity index (χ1n) is 10.1. The molecule has 0 aliphatic carbocycles. The van der Waals surface area contributed by atoms with Crippen LogP contribution >= 0.6 is 0 Å². The van der Waals surface area contributed by atoms with E-state index in [-0.39, 0.29) is 0 Å². The highest BCUT2D eigenvalue weighted by molar-refractivity contribution is 6.25. The molecule has 6 aromatic rings. The Morgan fingerprint density at radius 1 is 0.448 bits per heavy atom. The van der Waals surface area contributed by atoms with Gasteiger partial charge < -0.3 is 0 Å². The molecule has 0 spiro atoms. The van der Waals surface area contributed by atoms with Crippen molar-refractivity contribution in [2.24, 2.45) is 0 Å². The van der Waals surface area contributed by atoms with Crippen molar-refractivity contribution in [2.45, 2.75) is 6.92 Å². The highest BCUT2D eigenvalue weighted by atomic mass is 14.2. The predicted molar refractivity (Wildman–Crippen MR) is 126 cm³/mol. The van der Waals surface area contributed by atoms with Gasteiger partial charge in [-0.05, 0) is 67.6 Å². The molecule has 0 fully saturated rings. The van der Waals surface area contributed by atoms with E-state index in [4.69, 9.17) is 0 Å². The Balaban J connectivity index is 1.62. The van der Waals surface area contributed by atoms with Crippen molar-refractivity contribution in [2.75, 3.05) is 0 Å². The monoisotopic (exact) mass is 368 g/mol.